The van der Waals surface area contributed by atoms with Crippen LogP contribution in [0.2, 0.25) is 0 Å². The lowest BCUT2D eigenvalue weighted by Crippen LogP contribution is -2.09. The second kappa shape index (κ2) is 5.73. The minimum absolute atomic E-state index is 0.189. The van der Waals surface area contributed by atoms with E-state index in [4.69, 9.17) is 9.84 Å². The highest BCUT2D eigenvalue weighted by Crippen LogP contribution is 2.02. The Morgan fingerprint density at radius 3 is 2.62 bits per heavy atom. The predicted octanol–water partition coefficient (Wildman–Crippen LogP) is 1.83. The molecule has 0 aliphatic carbocycles. The van der Waals surface area contributed by atoms with E-state index in [0.717, 1.165) is 0 Å². The maximum absolute atomic E-state index is 8.75. The first-order chi connectivity index (χ1) is 6.33. The summed E-state index contributed by atoms with van der Waals surface area (Å²) in [6.07, 6.45) is 0. The van der Waals surface area contributed by atoms with Gasteiger partial charge in [0.2, 0.25) is 0 Å². The number of ether oxygens (including phenoxy) is 1. The van der Waals surface area contributed by atoms with E-state index in [9.17, 15) is 0 Å². The molecule has 0 saturated heterocycles. The summed E-state index contributed by atoms with van der Waals surface area (Å²) in [5.41, 5.74) is 1.17. The molecule has 72 valence electrons. The van der Waals surface area contributed by atoms with Gasteiger partial charge in [-0.05, 0) is 5.56 Å². The van der Waals surface area contributed by atoms with Crippen molar-refractivity contribution in [3.63, 3.8) is 0 Å². The fraction of sp³-hybridized carbons (Fsp3) is 0.455. The first-order valence-corrected chi connectivity index (χ1v) is 4.55. The number of aliphatic hydroxyl groups excluding tert-OH is 1. The largest absolute Gasteiger partial charge is 0.396 e. The van der Waals surface area contributed by atoms with E-state index in [2.05, 4.69) is 0 Å². The highest BCUT2D eigenvalue weighted by Gasteiger charge is 1.99. The summed E-state index contributed by atoms with van der Waals surface area (Å²) >= 11 is 0. The molecular formula is C11H16O2. The molecule has 0 aromatic heterocycles. The van der Waals surface area contributed by atoms with Crippen LogP contribution in [0.5, 0.6) is 0 Å². The number of rotatable bonds is 5. The third-order valence-corrected chi connectivity index (χ3v) is 1.83. The Labute approximate surface area is 79.2 Å². The van der Waals surface area contributed by atoms with Gasteiger partial charge in [0.25, 0.3) is 0 Å². The third kappa shape index (κ3) is 4.06. The molecule has 0 fully saturated rings. The molecule has 0 saturated carbocycles. The molecule has 0 heterocycles. The molecule has 0 amide bonds. The molecule has 0 radical (unpaired) electrons. The summed E-state index contributed by atoms with van der Waals surface area (Å²) in [7, 11) is 0. The normalized spacial score (nSPS) is 12.8. The van der Waals surface area contributed by atoms with Gasteiger partial charge in [-0.1, -0.05) is 37.3 Å². The lowest BCUT2D eigenvalue weighted by atomic mass is 10.2. The third-order valence-electron chi connectivity index (χ3n) is 1.83. The monoisotopic (exact) mass is 180 g/mol. The Kier molecular flexibility index (Phi) is 4.50. The quantitative estimate of drug-likeness (QED) is 0.749. The van der Waals surface area contributed by atoms with Crippen molar-refractivity contribution >= 4 is 0 Å². The lowest BCUT2D eigenvalue weighted by molar-refractivity contribution is 0.0696. The molecule has 1 aromatic carbocycles. The smallest absolute Gasteiger partial charge is 0.0717 e. The van der Waals surface area contributed by atoms with Crippen molar-refractivity contribution in [3.05, 3.63) is 35.9 Å². The van der Waals surface area contributed by atoms with Crippen molar-refractivity contribution in [2.75, 3.05) is 13.2 Å². The molecular weight excluding hydrogens is 164 g/mol. The molecule has 2 heteroatoms. The lowest BCUT2D eigenvalue weighted by Gasteiger charge is -2.08. The summed E-state index contributed by atoms with van der Waals surface area (Å²) in [4.78, 5) is 0. The summed E-state index contributed by atoms with van der Waals surface area (Å²) in [5, 5.41) is 8.75. The zero-order chi connectivity index (χ0) is 9.52. The molecule has 2 nitrogen and oxygen atoms in total. The van der Waals surface area contributed by atoms with Gasteiger partial charge in [0.15, 0.2) is 0 Å². The number of aliphatic hydroxyl groups is 1. The molecule has 1 rings (SSSR count). The van der Waals surface area contributed by atoms with E-state index in [1.807, 2.05) is 37.3 Å². The Balaban J connectivity index is 2.20. The van der Waals surface area contributed by atoms with Gasteiger partial charge in [0.1, 0.15) is 0 Å². The van der Waals surface area contributed by atoms with Crippen molar-refractivity contribution in [2.45, 2.75) is 13.5 Å². The van der Waals surface area contributed by atoms with E-state index < -0.39 is 0 Å². The highest BCUT2D eigenvalue weighted by atomic mass is 16.5. The summed E-state index contributed by atoms with van der Waals surface area (Å²) in [6.45, 7) is 3.40. The minimum Gasteiger partial charge on any atom is -0.396 e. The van der Waals surface area contributed by atoms with Crippen LogP contribution in [0.4, 0.5) is 0 Å². The van der Waals surface area contributed by atoms with Gasteiger partial charge in [0, 0.05) is 12.5 Å². The second-order valence-electron chi connectivity index (χ2n) is 3.29. The van der Waals surface area contributed by atoms with Gasteiger partial charge in [-0.25, -0.2) is 0 Å². The van der Waals surface area contributed by atoms with E-state index >= 15 is 0 Å². The van der Waals surface area contributed by atoms with Crippen LogP contribution < -0.4 is 0 Å². The van der Waals surface area contributed by atoms with E-state index in [-0.39, 0.29) is 12.5 Å². The Hall–Kier alpha value is -0.860. The Bertz CT molecular complexity index is 221. The zero-order valence-electron chi connectivity index (χ0n) is 7.94. The minimum atomic E-state index is 0.189. The first-order valence-electron chi connectivity index (χ1n) is 4.55. The van der Waals surface area contributed by atoms with Crippen molar-refractivity contribution in [3.8, 4) is 0 Å². The fourth-order valence-corrected chi connectivity index (χ4v) is 1.00. The average molecular weight is 180 g/mol. The maximum Gasteiger partial charge on any atom is 0.0717 e. The van der Waals surface area contributed by atoms with Gasteiger partial charge in [0.05, 0.1) is 13.2 Å². The topological polar surface area (TPSA) is 29.5 Å². The fourth-order valence-electron chi connectivity index (χ4n) is 1.00. The highest BCUT2D eigenvalue weighted by molar-refractivity contribution is 5.13. The van der Waals surface area contributed by atoms with Gasteiger partial charge in [-0.2, -0.15) is 0 Å². The first kappa shape index (κ1) is 10.2. The van der Waals surface area contributed by atoms with E-state index in [1.165, 1.54) is 5.56 Å². The molecule has 0 spiro atoms. The van der Waals surface area contributed by atoms with Crippen molar-refractivity contribution in [2.24, 2.45) is 5.92 Å². The summed E-state index contributed by atoms with van der Waals surface area (Å²) < 4.78 is 5.41. The molecule has 1 aromatic rings. The number of benzene rings is 1. The van der Waals surface area contributed by atoms with Gasteiger partial charge in [-0.3, -0.25) is 0 Å². The SMILES string of the molecule is C[C@H](CO)COCc1ccccc1. The van der Waals surface area contributed by atoms with Gasteiger partial charge in [-0.15, -0.1) is 0 Å². The summed E-state index contributed by atoms with van der Waals surface area (Å²) in [6, 6.07) is 10.0. The molecule has 13 heavy (non-hydrogen) atoms. The average Bonchev–Trinajstić information content (AvgIpc) is 2.19. The van der Waals surface area contributed by atoms with Crippen LogP contribution in [0.3, 0.4) is 0 Å². The maximum atomic E-state index is 8.75. The molecule has 0 aliphatic rings. The van der Waals surface area contributed by atoms with Crippen LogP contribution in [0, 0.1) is 5.92 Å². The van der Waals surface area contributed by atoms with Gasteiger partial charge < -0.3 is 9.84 Å². The van der Waals surface area contributed by atoms with Crippen molar-refractivity contribution in [1.82, 2.24) is 0 Å². The Morgan fingerprint density at radius 2 is 2.00 bits per heavy atom. The van der Waals surface area contributed by atoms with Crippen LogP contribution in [0.25, 0.3) is 0 Å². The molecule has 1 atom stereocenters. The van der Waals surface area contributed by atoms with Crippen LogP contribution in [0.15, 0.2) is 30.3 Å². The Morgan fingerprint density at radius 1 is 1.31 bits per heavy atom. The van der Waals surface area contributed by atoms with Crippen molar-refractivity contribution in [1.29, 1.82) is 0 Å². The van der Waals surface area contributed by atoms with E-state index in [1.54, 1.807) is 0 Å². The molecule has 1 N–H and O–H groups in total. The van der Waals surface area contributed by atoms with E-state index in [0.29, 0.717) is 13.2 Å². The molecule has 0 aliphatic heterocycles. The predicted molar refractivity (Wildman–Crippen MR) is 52.3 cm³/mol. The second-order valence-corrected chi connectivity index (χ2v) is 3.29. The van der Waals surface area contributed by atoms with Gasteiger partial charge >= 0.3 is 0 Å². The zero-order valence-corrected chi connectivity index (χ0v) is 7.94. The number of hydrogen-bond acceptors (Lipinski definition) is 2. The molecule has 0 bridgehead atoms. The standard InChI is InChI=1S/C11H16O2/c1-10(7-12)8-13-9-11-5-3-2-4-6-11/h2-6,10,12H,7-9H2,1H3/t10-/m1/s1. The van der Waals surface area contributed by atoms with Crippen LogP contribution >= 0.6 is 0 Å². The van der Waals surface area contributed by atoms with Crippen LogP contribution in [-0.4, -0.2) is 18.3 Å². The molecule has 0 unspecified atom stereocenters. The van der Waals surface area contributed by atoms with Crippen LogP contribution in [0.1, 0.15) is 12.5 Å². The van der Waals surface area contributed by atoms with Crippen molar-refractivity contribution < 1.29 is 9.84 Å². The number of hydrogen-bond donors (Lipinski definition) is 1. The summed E-state index contributed by atoms with van der Waals surface area (Å²) in [5.74, 6) is 0.226. The van der Waals surface area contributed by atoms with Crippen LogP contribution in [-0.2, 0) is 11.3 Å².